The molecule has 3 heterocycles. The van der Waals surface area contributed by atoms with E-state index in [9.17, 15) is 4.79 Å². The minimum Gasteiger partial charge on any atom is -0.377 e. The first-order valence-electron chi connectivity index (χ1n) is 8.27. The van der Waals surface area contributed by atoms with E-state index < -0.39 is 0 Å². The number of H-pyrrole nitrogens is 1. The Kier molecular flexibility index (Phi) is 3.86. The van der Waals surface area contributed by atoms with Gasteiger partial charge in [0.2, 0.25) is 5.91 Å². The molecule has 124 valence electrons. The molecule has 1 amide bonds. The van der Waals surface area contributed by atoms with Crippen LogP contribution in [0, 0.1) is 0 Å². The van der Waals surface area contributed by atoms with E-state index in [4.69, 9.17) is 4.74 Å². The van der Waals surface area contributed by atoms with E-state index in [0.717, 1.165) is 22.2 Å². The number of hydrogen-bond donors (Lipinski definition) is 1. The van der Waals surface area contributed by atoms with E-state index in [1.54, 1.807) is 0 Å². The lowest BCUT2D eigenvalue weighted by Gasteiger charge is -2.36. The van der Waals surface area contributed by atoms with Gasteiger partial charge in [0.05, 0.1) is 25.7 Å². The van der Waals surface area contributed by atoms with Gasteiger partial charge in [-0.15, -0.1) is 0 Å². The van der Waals surface area contributed by atoms with Crippen molar-refractivity contribution in [2.45, 2.75) is 12.5 Å². The molecule has 1 N–H and O–H groups in total. The van der Waals surface area contributed by atoms with Crippen LogP contribution in [0.2, 0.25) is 0 Å². The average molecular weight is 323 g/mol. The molecule has 2 aromatic heterocycles. The summed E-state index contributed by atoms with van der Waals surface area (Å²) in [6.07, 6.45) is 4.36. The van der Waals surface area contributed by atoms with Gasteiger partial charge in [-0.05, 0) is 23.8 Å². The minimum absolute atomic E-state index is 0.0172. The molecule has 1 atom stereocenters. The van der Waals surface area contributed by atoms with E-state index in [1.165, 1.54) is 0 Å². The number of morpholine rings is 1. The molecular weight excluding hydrogens is 302 g/mol. The first kappa shape index (κ1) is 15.0. The zero-order chi connectivity index (χ0) is 16.5. The summed E-state index contributed by atoms with van der Waals surface area (Å²) in [5.74, 6) is 0.147. The van der Waals surface area contributed by atoms with Crippen LogP contribution in [0.3, 0.4) is 0 Å². The highest BCUT2D eigenvalue weighted by Crippen LogP contribution is 2.26. The SMILES string of the molecule is Cn1cccc1[C@@H]1COCCN1C(=O)Cc1c[nH]c2ccccc12. The summed E-state index contributed by atoms with van der Waals surface area (Å²) < 4.78 is 7.69. The maximum Gasteiger partial charge on any atom is 0.227 e. The zero-order valence-corrected chi connectivity index (χ0v) is 13.7. The summed E-state index contributed by atoms with van der Waals surface area (Å²) in [4.78, 5) is 18.2. The summed E-state index contributed by atoms with van der Waals surface area (Å²) in [6, 6.07) is 12.1. The number of aryl methyl sites for hydroxylation is 1. The molecule has 1 aliphatic heterocycles. The van der Waals surface area contributed by atoms with Crippen molar-refractivity contribution in [2.75, 3.05) is 19.8 Å². The van der Waals surface area contributed by atoms with Gasteiger partial charge >= 0.3 is 0 Å². The maximum atomic E-state index is 13.0. The second kappa shape index (κ2) is 6.17. The molecular formula is C19H21N3O2. The van der Waals surface area contributed by atoms with Gasteiger partial charge in [-0.2, -0.15) is 0 Å². The second-order valence-corrected chi connectivity index (χ2v) is 6.26. The Labute approximate surface area is 140 Å². The number of benzene rings is 1. The predicted molar refractivity (Wildman–Crippen MR) is 92.7 cm³/mol. The number of hydrogen-bond acceptors (Lipinski definition) is 2. The molecule has 5 heteroatoms. The van der Waals surface area contributed by atoms with Gasteiger partial charge in [0.1, 0.15) is 0 Å². The van der Waals surface area contributed by atoms with Gasteiger partial charge < -0.3 is 19.2 Å². The summed E-state index contributed by atoms with van der Waals surface area (Å²) >= 11 is 0. The van der Waals surface area contributed by atoms with Crippen LogP contribution in [0.15, 0.2) is 48.8 Å². The highest BCUT2D eigenvalue weighted by molar-refractivity contribution is 5.89. The maximum absolute atomic E-state index is 13.0. The highest BCUT2D eigenvalue weighted by atomic mass is 16.5. The fourth-order valence-corrected chi connectivity index (χ4v) is 3.51. The third kappa shape index (κ3) is 2.61. The Morgan fingerprint density at radius 2 is 2.17 bits per heavy atom. The molecule has 1 aromatic carbocycles. The van der Waals surface area contributed by atoms with Crippen molar-refractivity contribution in [2.24, 2.45) is 7.05 Å². The highest BCUT2D eigenvalue weighted by Gasteiger charge is 2.30. The van der Waals surface area contributed by atoms with Crippen molar-refractivity contribution in [1.82, 2.24) is 14.5 Å². The van der Waals surface area contributed by atoms with Crippen molar-refractivity contribution >= 4 is 16.8 Å². The Bertz CT molecular complexity index is 864. The van der Waals surface area contributed by atoms with Crippen LogP contribution in [0.4, 0.5) is 0 Å². The number of ether oxygens (including phenoxy) is 1. The molecule has 24 heavy (non-hydrogen) atoms. The summed E-state index contributed by atoms with van der Waals surface area (Å²) in [7, 11) is 2.01. The van der Waals surface area contributed by atoms with E-state index in [-0.39, 0.29) is 11.9 Å². The van der Waals surface area contributed by atoms with Gasteiger partial charge in [-0.3, -0.25) is 4.79 Å². The molecule has 0 radical (unpaired) electrons. The normalized spacial score (nSPS) is 18.2. The molecule has 0 saturated carbocycles. The van der Waals surface area contributed by atoms with Crippen molar-refractivity contribution in [1.29, 1.82) is 0 Å². The van der Waals surface area contributed by atoms with Crippen LogP contribution in [-0.2, 0) is 23.0 Å². The van der Waals surface area contributed by atoms with Crippen LogP contribution in [0.25, 0.3) is 10.9 Å². The average Bonchev–Trinajstić information content (AvgIpc) is 3.21. The van der Waals surface area contributed by atoms with Crippen molar-refractivity contribution in [3.8, 4) is 0 Å². The Morgan fingerprint density at radius 3 is 3.00 bits per heavy atom. The largest absolute Gasteiger partial charge is 0.377 e. The summed E-state index contributed by atoms with van der Waals surface area (Å²) in [5, 5.41) is 1.12. The Hall–Kier alpha value is -2.53. The van der Waals surface area contributed by atoms with Crippen LogP contribution in [0.1, 0.15) is 17.3 Å². The van der Waals surface area contributed by atoms with Crippen molar-refractivity contribution in [3.05, 3.63) is 60.0 Å². The van der Waals surface area contributed by atoms with E-state index in [1.807, 2.05) is 48.6 Å². The van der Waals surface area contributed by atoms with Gasteiger partial charge in [0.25, 0.3) is 0 Å². The number of fused-ring (bicyclic) bond motifs is 1. The van der Waals surface area contributed by atoms with Crippen molar-refractivity contribution < 1.29 is 9.53 Å². The Morgan fingerprint density at radius 1 is 1.29 bits per heavy atom. The number of aromatic amines is 1. The fraction of sp³-hybridized carbons (Fsp3) is 0.316. The third-order valence-electron chi connectivity index (χ3n) is 4.79. The Balaban J connectivity index is 1.59. The fourth-order valence-electron chi connectivity index (χ4n) is 3.51. The van der Waals surface area contributed by atoms with E-state index in [2.05, 4.69) is 21.7 Å². The standard InChI is InChI=1S/C19H21N3O2/c1-21-8-4-7-17(21)18-13-24-10-9-22(18)19(23)11-14-12-20-16-6-3-2-5-15(14)16/h2-8,12,18,20H,9-11,13H2,1H3/t18-/m0/s1. The number of rotatable bonds is 3. The van der Waals surface area contributed by atoms with Crippen molar-refractivity contribution in [3.63, 3.8) is 0 Å². The smallest absolute Gasteiger partial charge is 0.227 e. The van der Waals surface area contributed by atoms with E-state index >= 15 is 0 Å². The van der Waals surface area contributed by atoms with Crippen LogP contribution in [0.5, 0.6) is 0 Å². The topological polar surface area (TPSA) is 50.3 Å². The number of carbonyl (C=O) groups is 1. The third-order valence-corrected chi connectivity index (χ3v) is 4.79. The first-order valence-corrected chi connectivity index (χ1v) is 8.27. The minimum atomic E-state index is -0.0172. The van der Waals surface area contributed by atoms with E-state index in [0.29, 0.717) is 26.2 Å². The number of amides is 1. The summed E-state index contributed by atoms with van der Waals surface area (Å²) in [6.45, 7) is 1.79. The number of carbonyl (C=O) groups excluding carboxylic acids is 1. The molecule has 5 nitrogen and oxygen atoms in total. The van der Waals surface area contributed by atoms with Gasteiger partial charge in [0, 0.05) is 42.6 Å². The number of aromatic nitrogens is 2. The molecule has 0 bridgehead atoms. The monoisotopic (exact) mass is 323 g/mol. The quantitative estimate of drug-likeness (QED) is 0.805. The number of para-hydroxylation sites is 1. The molecule has 1 saturated heterocycles. The molecule has 0 aliphatic carbocycles. The lowest BCUT2D eigenvalue weighted by Crippen LogP contribution is -2.44. The second-order valence-electron chi connectivity index (χ2n) is 6.26. The lowest BCUT2D eigenvalue weighted by atomic mass is 10.1. The molecule has 3 aromatic rings. The molecule has 0 unspecified atom stereocenters. The van der Waals surface area contributed by atoms with Crippen LogP contribution in [-0.4, -0.2) is 40.1 Å². The summed E-state index contributed by atoms with van der Waals surface area (Å²) in [5.41, 5.74) is 3.23. The van der Waals surface area contributed by atoms with Gasteiger partial charge in [-0.25, -0.2) is 0 Å². The molecule has 0 spiro atoms. The number of nitrogens with one attached hydrogen (secondary N) is 1. The van der Waals surface area contributed by atoms with Gasteiger partial charge in [0.15, 0.2) is 0 Å². The number of nitrogens with zero attached hydrogens (tertiary/aromatic N) is 2. The first-order chi connectivity index (χ1) is 11.7. The van der Waals surface area contributed by atoms with Gasteiger partial charge in [-0.1, -0.05) is 18.2 Å². The lowest BCUT2D eigenvalue weighted by molar-refractivity contribution is -0.139. The van der Waals surface area contributed by atoms with Crippen LogP contribution >= 0.6 is 0 Å². The molecule has 1 aliphatic rings. The zero-order valence-electron chi connectivity index (χ0n) is 13.7. The molecule has 4 rings (SSSR count). The predicted octanol–water partition coefficient (Wildman–Crippen LogP) is 2.65. The molecule has 1 fully saturated rings. The van der Waals surface area contributed by atoms with Crippen LogP contribution < -0.4 is 0 Å².